The van der Waals surface area contributed by atoms with Gasteiger partial charge in [-0.25, -0.2) is 4.79 Å². The molecule has 0 bridgehead atoms. The number of primary amides is 1. The third-order valence-corrected chi connectivity index (χ3v) is 3.19. The summed E-state index contributed by atoms with van der Waals surface area (Å²) in [7, 11) is 0. The molecule has 0 aliphatic rings. The molecule has 1 aromatic carbocycles. The molecule has 0 aliphatic heterocycles. The van der Waals surface area contributed by atoms with Crippen LogP contribution in [0.15, 0.2) is 24.3 Å². The van der Waals surface area contributed by atoms with Gasteiger partial charge in [-0.3, -0.25) is 14.4 Å². The van der Waals surface area contributed by atoms with Crippen molar-refractivity contribution in [3.05, 3.63) is 29.8 Å². The van der Waals surface area contributed by atoms with Gasteiger partial charge in [-0.15, -0.1) is 0 Å². The molecule has 8 N–H and O–H groups in total. The number of aromatic hydroxyl groups is 1. The molecule has 0 spiro atoms. The van der Waals surface area contributed by atoms with Crippen LogP contribution in [0.5, 0.6) is 5.75 Å². The monoisotopic (exact) mass is 352 g/mol. The summed E-state index contributed by atoms with van der Waals surface area (Å²) in [6.07, 6.45) is -0.372. The second kappa shape index (κ2) is 9.23. The van der Waals surface area contributed by atoms with Crippen molar-refractivity contribution >= 4 is 23.7 Å². The zero-order valence-corrected chi connectivity index (χ0v) is 13.3. The molecule has 0 radical (unpaired) electrons. The van der Waals surface area contributed by atoms with Crippen LogP contribution in [0.25, 0.3) is 0 Å². The summed E-state index contributed by atoms with van der Waals surface area (Å²) < 4.78 is 0. The van der Waals surface area contributed by atoms with E-state index < -0.39 is 42.3 Å². The van der Waals surface area contributed by atoms with Gasteiger partial charge in [-0.2, -0.15) is 0 Å². The van der Waals surface area contributed by atoms with Crippen LogP contribution in [0.1, 0.15) is 12.0 Å². The van der Waals surface area contributed by atoms with Crippen molar-refractivity contribution < 1.29 is 29.4 Å². The SMILES string of the molecule is NC(=O)C[C@H](N)C(=O)NCC(=O)N[C@@H](Cc1ccc(O)cc1)C(=O)O. The Labute approximate surface area is 143 Å². The number of carbonyl (C=O) groups is 4. The van der Waals surface area contributed by atoms with Crippen molar-refractivity contribution in [2.75, 3.05) is 6.54 Å². The molecule has 0 saturated heterocycles. The summed E-state index contributed by atoms with van der Waals surface area (Å²) in [4.78, 5) is 45.3. The molecular weight excluding hydrogens is 332 g/mol. The lowest BCUT2D eigenvalue weighted by atomic mass is 10.1. The first-order chi connectivity index (χ1) is 11.7. The number of carboxylic acids is 1. The maximum atomic E-state index is 11.8. The Morgan fingerprint density at radius 2 is 1.72 bits per heavy atom. The number of hydrogen-bond acceptors (Lipinski definition) is 6. The number of rotatable bonds is 9. The summed E-state index contributed by atoms with van der Waals surface area (Å²) in [5.74, 6) is -3.45. The Hall–Kier alpha value is -3.14. The summed E-state index contributed by atoms with van der Waals surface area (Å²) in [5, 5.41) is 22.8. The fourth-order valence-electron chi connectivity index (χ4n) is 1.92. The minimum absolute atomic E-state index is 0.00348. The largest absolute Gasteiger partial charge is 0.508 e. The van der Waals surface area contributed by atoms with Gasteiger partial charge >= 0.3 is 5.97 Å². The van der Waals surface area contributed by atoms with Gasteiger partial charge in [0.25, 0.3) is 0 Å². The maximum Gasteiger partial charge on any atom is 0.326 e. The summed E-state index contributed by atoms with van der Waals surface area (Å²) >= 11 is 0. The lowest BCUT2D eigenvalue weighted by Crippen LogP contribution is -2.49. The number of nitrogens with two attached hydrogens (primary N) is 2. The van der Waals surface area contributed by atoms with E-state index in [1.54, 1.807) is 0 Å². The van der Waals surface area contributed by atoms with E-state index >= 15 is 0 Å². The average molecular weight is 352 g/mol. The summed E-state index contributed by atoms with van der Waals surface area (Å²) in [5.41, 5.74) is 10.9. The Kier molecular flexibility index (Phi) is 7.35. The zero-order chi connectivity index (χ0) is 19.0. The molecule has 0 unspecified atom stereocenters. The van der Waals surface area contributed by atoms with Crippen LogP contribution in [0.4, 0.5) is 0 Å². The molecule has 1 rings (SSSR count). The quantitative estimate of drug-likeness (QED) is 0.292. The van der Waals surface area contributed by atoms with E-state index in [0.29, 0.717) is 5.56 Å². The number of hydrogen-bond donors (Lipinski definition) is 6. The molecule has 0 aromatic heterocycles. The second-order valence-electron chi connectivity index (χ2n) is 5.32. The first-order valence-electron chi connectivity index (χ1n) is 7.30. The fourth-order valence-corrected chi connectivity index (χ4v) is 1.92. The second-order valence-corrected chi connectivity index (χ2v) is 5.32. The number of benzene rings is 1. The van der Waals surface area contributed by atoms with Crippen LogP contribution < -0.4 is 22.1 Å². The van der Waals surface area contributed by atoms with Gasteiger partial charge in [0.15, 0.2) is 0 Å². The third-order valence-electron chi connectivity index (χ3n) is 3.19. The number of nitrogens with one attached hydrogen (secondary N) is 2. The van der Waals surface area contributed by atoms with Crippen molar-refractivity contribution in [1.82, 2.24) is 10.6 Å². The summed E-state index contributed by atoms with van der Waals surface area (Å²) in [6.45, 7) is -0.495. The molecule has 3 amide bonds. The Morgan fingerprint density at radius 1 is 1.12 bits per heavy atom. The third kappa shape index (κ3) is 7.31. The standard InChI is InChI=1S/C15H20N4O6/c16-10(6-12(17)21)14(23)18-7-13(22)19-11(15(24)25)5-8-1-3-9(20)4-2-8/h1-4,10-11,20H,5-7,16H2,(H2,17,21)(H,18,23)(H,19,22)(H,24,25)/t10-,11-/m0/s1. The van der Waals surface area contributed by atoms with Crippen LogP contribution in [-0.4, -0.2) is 52.5 Å². The number of phenolic OH excluding ortho intramolecular Hbond substituents is 1. The highest BCUT2D eigenvalue weighted by Crippen LogP contribution is 2.11. The van der Waals surface area contributed by atoms with Gasteiger partial charge in [-0.1, -0.05) is 12.1 Å². The van der Waals surface area contributed by atoms with E-state index in [-0.39, 0.29) is 18.6 Å². The van der Waals surface area contributed by atoms with E-state index in [0.717, 1.165) is 0 Å². The van der Waals surface area contributed by atoms with E-state index in [1.165, 1.54) is 24.3 Å². The molecule has 10 nitrogen and oxygen atoms in total. The highest BCUT2D eigenvalue weighted by Gasteiger charge is 2.22. The predicted octanol–water partition coefficient (Wildman–Crippen LogP) is -2.18. The fraction of sp³-hybridized carbons (Fsp3) is 0.333. The van der Waals surface area contributed by atoms with Gasteiger partial charge < -0.3 is 32.3 Å². The van der Waals surface area contributed by atoms with Crippen molar-refractivity contribution in [2.45, 2.75) is 24.9 Å². The van der Waals surface area contributed by atoms with Crippen LogP contribution in [0, 0.1) is 0 Å². The molecule has 10 heteroatoms. The Bertz CT molecular complexity index is 646. The van der Waals surface area contributed by atoms with Gasteiger partial charge in [0.1, 0.15) is 11.8 Å². The Morgan fingerprint density at radius 3 is 2.24 bits per heavy atom. The molecule has 0 heterocycles. The van der Waals surface area contributed by atoms with Crippen LogP contribution in [0.3, 0.4) is 0 Å². The van der Waals surface area contributed by atoms with E-state index in [9.17, 15) is 29.4 Å². The number of amides is 3. The van der Waals surface area contributed by atoms with E-state index in [2.05, 4.69) is 10.6 Å². The predicted molar refractivity (Wildman–Crippen MR) is 86.2 cm³/mol. The van der Waals surface area contributed by atoms with E-state index in [1.807, 2.05) is 0 Å². The smallest absolute Gasteiger partial charge is 0.326 e. The topological polar surface area (TPSA) is 185 Å². The van der Waals surface area contributed by atoms with Gasteiger partial charge in [0.05, 0.1) is 19.0 Å². The summed E-state index contributed by atoms with van der Waals surface area (Å²) in [6, 6.07) is 3.46. The van der Waals surface area contributed by atoms with Crippen molar-refractivity contribution in [3.8, 4) is 5.75 Å². The molecular formula is C15H20N4O6. The molecule has 0 fully saturated rings. The minimum Gasteiger partial charge on any atom is -0.508 e. The number of carboxylic acid groups (broad SMARTS) is 1. The van der Waals surface area contributed by atoms with Crippen LogP contribution in [0.2, 0.25) is 0 Å². The number of carbonyl (C=O) groups excluding carboxylic acids is 3. The average Bonchev–Trinajstić information content (AvgIpc) is 2.53. The molecule has 2 atom stereocenters. The molecule has 25 heavy (non-hydrogen) atoms. The molecule has 1 aromatic rings. The molecule has 0 aliphatic carbocycles. The van der Waals surface area contributed by atoms with Gasteiger partial charge in [0.2, 0.25) is 17.7 Å². The normalized spacial score (nSPS) is 12.7. The lowest BCUT2D eigenvalue weighted by Gasteiger charge is -2.16. The first-order valence-corrected chi connectivity index (χ1v) is 7.30. The maximum absolute atomic E-state index is 11.8. The molecule has 0 saturated carbocycles. The van der Waals surface area contributed by atoms with Crippen molar-refractivity contribution in [2.24, 2.45) is 11.5 Å². The van der Waals surface area contributed by atoms with E-state index in [4.69, 9.17) is 11.5 Å². The van der Waals surface area contributed by atoms with Crippen molar-refractivity contribution in [3.63, 3.8) is 0 Å². The van der Waals surface area contributed by atoms with Crippen LogP contribution in [-0.2, 0) is 25.6 Å². The number of phenols is 1. The first kappa shape index (κ1) is 19.9. The van der Waals surface area contributed by atoms with Crippen molar-refractivity contribution in [1.29, 1.82) is 0 Å². The minimum atomic E-state index is -1.25. The highest BCUT2D eigenvalue weighted by molar-refractivity contribution is 5.91. The van der Waals surface area contributed by atoms with Gasteiger partial charge in [-0.05, 0) is 17.7 Å². The zero-order valence-electron chi connectivity index (χ0n) is 13.3. The van der Waals surface area contributed by atoms with Crippen LogP contribution >= 0.6 is 0 Å². The molecule has 136 valence electrons. The number of aliphatic carboxylic acids is 1. The highest BCUT2D eigenvalue weighted by atomic mass is 16.4. The lowest BCUT2D eigenvalue weighted by molar-refractivity contribution is -0.141. The Balaban J connectivity index is 2.53. The van der Waals surface area contributed by atoms with Gasteiger partial charge in [0, 0.05) is 6.42 Å².